The van der Waals surface area contributed by atoms with E-state index in [4.69, 9.17) is 9.97 Å². The number of imidazole rings is 2. The monoisotopic (exact) mass is 796 g/mol. The van der Waals surface area contributed by atoms with E-state index >= 15 is 0 Å². The van der Waals surface area contributed by atoms with Crippen LogP contribution in [0.25, 0.3) is 33.7 Å². The molecule has 6 rings (SSSR count). The van der Waals surface area contributed by atoms with Crippen LogP contribution in [0.5, 0.6) is 0 Å². The van der Waals surface area contributed by atoms with Gasteiger partial charge < -0.3 is 55.5 Å². The predicted molar refractivity (Wildman–Crippen MR) is 204 cm³/mol. The lowest BCUT2D eigenvalue weighted by Crippen LogP contribution is -2.54. The van der Waals surface area contributed by atoms with Crippen LogP contribution >= 0.6 is 0 Å². The van der Waals surface area contributed by atoms with Crippen molar-refractivity contribution in [3.8, 4) is 11.6 Å². The number of nitrogens with zero attached hydrogens (tertiary/aromatic N) is 6. The Morgan fingerprint density at radius 3 is 1.65 bits per heavy atom. The van der Waals surface area contributed by atoms with Crippen LogP contribution in [0.15, 0.2) is 36.4 Å². The standard InChI is InChI=1S/C38H50F2N10O7/c1-20(2)34(46-33(55)14-42-4)38(57)48-18-26(53)12-24(48)16-50-31-8-6-22(40)10-28(31)45-36(50)35-44-27-9-21(39)5-7-30(27)49(35)15-23-11-25(52)17-47(23)37(56)29(19-51)43-32(54)13-41-3/h5-10,20,23-26,29,34,41-42,51-53H,11-19H2,1-4H3,(H,43,54)(H,46,55). The van der Waals surface area contributed by atoms with Crippen molar-refractivity contribution in [3.05, 3.63) is 48.0 Å². The lowest BCUT2D eigenvalue weighted by Gasteiger charge is -2.31. The molecule has 7 N–H and O–H groups in total. The van der Waals surface area contributed by atoms with E-state index in [9.17, 15) is 43.3 Å². The van der Waals surface area contributed by atoms with Gasteiger partial charge in [0.1, 0.15) is 23.7 Å². The summed E-state index contributed by atoms with van der Waals surface area (Å²) in [7, 11) is 3.19. The van der Waals surface area contributed by atoms with Crippen molar-refractivity contribution in [1.29, 1.82) is 0 Å². The van der Waals surface area contributed by atoms with Gasteiger partial charge in [-0.05, 0) is 57.1 Å². The van der Waals surface area contributed by atoms with Gasteiger partial charge in [-0.15, -0.1) is 0 Å². The number of amides is 4. The maximum Gasteiger partial charge on any atom is 0.247 e. The van der Waals surface area contributed by atoms with Gasteiger partial charge in [-0.1, -0.05) is 13.8 Å². The van der Waals surface area contributed by atoms with Crippen LogP contribution in [-0.2, 0) is 32.3 Å². The summed E-state index contributed by atoms with van der Waals surface area (Å²) in [6.45, 7) is 2.92. The number of halogens is 2. The molecule has 2 saturated heterocycles. The smallest absolute Gasteiger partial charge is 0.247 e. The zero-order valence-corrected chi connectivity index (χ0v) is 32.3. The number of nitrogens with one attached hydrogen (secondary N) is 4. The number of aliphatic hydroxyl groups is 3. The van der Waals surface area contributed by atoms with Crippen LogP contribution in [0.4, 0.5) is 8.78 Å². The van der Waals surface area contributed by atoms with Gasteiger partial charge in [-0.2, -0.15) is 0 Å². The van der Waals surface area contributed by atoms with Crippen molar-refractivity contribution in [3.63, 3.8) is 0 Å². The third-order valence-corrected chi connectivity index (χ3v) is 10.5. The second-order valence-corrected chi connectivity index (χ2v) is 15.1. The number of likely N-dealkylation sites (tertiary alicyclic amines) is 2. The molecule has 17 nitrogen and oxygen atoms in total. The van der Waals surface area contributed by atoms with E-state index in [0.717, 1.165) is 0 Å². The maximum atomic E-state index is 14.7. The first-order valence-electron chi connectivity index (χ1n) is 19.0. The van der Waals surface area contributed by atoms with Crippen molar-refractivity contribution in [1.82, 2.24) is 50.2 Å². The second kappa shape index (κ2) is 17.6. The molecule has 0 spiro atoms. The molecule has 0 radical (unpaired) electrons. The fourth-order valence-corrected chi connectivity index (χ4v) is 7.88. The van der Waals surface area contributed by atoms with Crippen LogP contribution < -0.4 is 21.3 Å². The van der Waals surface area contributed by atoms with Gasteiger partial charge in [0.05, 0.1) is 66.1 Å². The number of hydrogen-bond donors (Lipinski definition) is 7. The molecule has 2 aliphatic heterocycles. The van der Waals surface area contributed by atoms with Gasteiger partial charge in [0.25, 0.3) is 0 Å². The number of β-amino-alcohol motifs (C(OH)–C–C–N with tert-alkyl or cyclic N) is 2. The zero-order chi connectivity index (χ0) is 41.1. The Labute approximate surface area is 327 Å². The molecule has 0 aliphatic carbocycles. The first kappa shape index (κ1) is 41.6. The minimum absolute atomic E-state index is 0.00932. The number of fused-ring (bicyclic) bond motifs is 2. The molecular weight excluding hydrogens is 746 g/mol. The van der Waals surface area contributed by atoms with Gasteiger partial charge in [0.15, 0.2) is 11.6 Å². The Morgan fingerprint density at radius 1 is 0.754 bits per heavy atom. The molecule has 57 heavy (non-hydrogen) atoms. The highest BCUT2D eigenvalue weighted by molar-refractivity contribution is 5.90. The molecule has 19 heteroatoms. The number of carbonyl (C=O) groups is 4. The summed E-state index contributed by atoms with van der Waals surface area (Å²) in [4.78, 5) is 65.3. The normalized spacial score (nSPS) is 20.8. The molecular formula is C38H50F2N10O7. The minimum atomic E-state index is -1.27. The first-order chi connectivity index (χ1) is 27.2. The van der Waals surface area contributed by atoms with Crippen molar-refractivity contribution in [2.24, 2.45) is 5.92 Å². The van der Waals surface area contributed by atoms with Crippen molar-refractivity contribution < 1.29 is 43.3 Å². The number of carbonyl (C=O) groups excluding carboxylic acids is 4. The number of benzene rings is 2. The van der Waals surface area contributed by atoms with Crippen LogP contribution in [0.2, 0.25) is 0 Å². The molecule has 0 saturated carbocycles. The van der Waals surface area contributed by atoms with Gasteiger partial charge >= 0.3 is 0 Å². The highest BCUT2D eigenvalue weighted by Crippen LogP contribution is 2.33. The summed E-state index contributed by atoms with van der Waals surface area (Å²) >= 11 is 0. The summed E-state index contributed by atoms with van der Waals surface area (Å²) in [5, 5.41) is 42.6. The maximum absolute atomic E-state index is 14.7. The topological polar surface area (TPSA) is 219 Å². The Bertz CT molecular complexity index is 2130. The first-order valence-corrected chi connectivity index (χ1v) is 19.0. The van der Waals surface area contributed by atoms with Gasteiger partial charge in [0, 0.05) is 38.3 Å². The summed E-state index contributed by atoms with van der Waals surface area (Å²) in [5.41, 5.74) is 1.48. The fraction of sp³-hybridized carbons (Fsp3) is 0.526. The number of aliphatic hydroxyl groups excluding tert-OH is 3. The highest BCUT2D eigenvalue weighted by Gasteiger charge is 2.41. The average Bonchev–Trinajstić information content (AvgIpc) is 3.91. The minimum Gasteiger partial charge on any atom is -0.394 e. The Hall–Kier alpha value is -5.08. The third-order valence-electron chi connectivity index (χ3n) is 10.5. The summed E-state index contributed by atoms with van der Waals surface area (Å²) in [5.74, 6) is -2.77. The molecule has 2 fully saturated rings. The quantitative estimate of drug-likeness (QED) is 0.0799. The Kier molecular flexibility index (Phi) is 12.8. The van der Waals surface area contributed by atoms with Crippen molar-refractivity contribution in [2.75, 3.05) is 46.9 Å². The number of hydrogen-bond acceptors (Lipinski definition) is 11. The molecule has 6 unspecified atom stereocenters. The Morgan fingerprint density at radius 2 is 1.21 bits per heavy atom. The lowest BCUT2D eigenvalue weighted by atomic mass is 10.0. The fourth-order valence-electron chi connectivity index (χ4n) is 7.88. The van der Waals surface area contributed by atoms with E-state index < -0.39 is 66.4 Å². The molecule has 2 aromatic heterocycles. The second-order valence-electron chi connectivity index (χ2n) is 15.1. The molecule has 6 atom stereocenters. The van der Waals surface area contributed by atoms with Gasteiger partial charge in [0.2, 0.25) is 23.6 Å². The molecule has 2 aromatic carbocycles. The molecule has 4 aromatic rings. The third kappa shape index (κ3) is 8.91. The van der Waals surface area contributed by atoms with E-state index in [2.05, 4.69) is 21.3 Å². The van der Waals surface area contributed by atoms with E-state index in [-0.39, 0.29) is 92.5 Å². The molecule has 2 aliphatic rings. The van der Waals surface area contributed by atoms with Crippen LogP contribution in [0.1, 0.15) is 26.7 Å². The zero-order valence-electron chi connectivity index (χ0n) is 32.3. The van der Waals surface area contributed by atoms with Crippen molar-refractivity contribution >= 4 is 45.7 Å². The van der Waals surface area contributed by atoms with E-state index in [0.29, 0.717) is 11.0 Å². The largest absolute Gasteiger partial charge is 0.394 e. The molecule has 308 valence electrons. The highest BCUT2D eigenvalue weighted by atomic mass is 19.1. The van der Waals surface area contributed by atoms with E-state index in [1.165, 1.54) is 35.2 Å². The van der Waals surface area contributed by atoms with Crippen LogP contribution in [0.3, 0.4) is 0 Å². The summed E-state index contributed by atoms with van der Waals surface area (Å²) in [6.07, 6.45) is -1.47. The predicted octanol–water partition coefficient (Wildman–Crippen LogP) is -0.688. The lowest BCUT2D eigenvalue weighted by molar-refractivity contribution is -0.138. The van der Waals surface area contributed by atoms with E-state index in [1.54, 1.807) is 34.2 Å². The van der Waals surface area contributed by atoms with Gasteiger partial charge in [-0.3, -0.25) is 19.2 Å². The van der Waals surface area contributed by atoms with Gasteiger partial charge in [-0.25, -0.2) is 18.7 Å². The SMILES string of the molecule is CNCC(=O)NC(CO)C(=O)N1CC(O)CC1Cn1c(-c2nc3cc(F)ccc3n2CC2CC(O)CN2C(=O)C(NC(=O)CNC)C(C)C)nc2cc(F)ccc21. The molecule has 4 heterocycles. The van der Waals surface area contributed by atoms with Crippen LogP contribution in [-0.4, -0.2) is 151 Å². The van der Waals surface area contributed by atoms with Crippen molar-refractivity contribution in [2.45, 2.75) is 76.2 Å². The Balaban J connectivity index is 1.41. The number of aromatic nitrogens is 4. The van der Waals surface area contributed by atoms with E-state index in [1.807, 2.05) is 13.8 Å². The van der Waals surface area contributed by atoms with Crippen LogP contribution in [0, 0.1) is 17.6 Å². The number of likely N-dealkylation sites (N-methyl/N-ethyl adjacent to an activating group) is 2. The average molecular weight is 797 g/mol. The summed E-state index contributed by atoms with van der Waals surface area (Å²) < 4.78 is 32.9. The molecule has 0 bridgehead atoms. The number of rotatable bonds is 15. The molecule has 4 amide bonds. The summed E-state index contributed by atoms with van der Waals surface area (Å²) in [6, 6.07) is 4.69.